The summed E-state index contributed by atoms with van der Waals surface area (Å²) >= 11 is 12.8. The average Bonchev–Trinajstić information content (AvgIpc) is 3.52. The monoisotopic (exact) mass is 606 g/mol. The maximum absolute atomic E-state index is 14.3. The van der Waals surface area contributed by atoms with Gasteiger partial charge in [-0.05, 0) is 42.4 Å². The van der Waals surface area contributed by atoms with Gasteiger partial charge < -0.3 is 30.5 Å². The average molecular weight is 608 g/mol. The van der Waals surface area contributed by atoms with E-state index in [-0.39, 0.29) is 30.6 Å². The van der Waals surface area contributed by atoms with Gasteiger partial charge in [-0.1, -0.05) is 63.7 Å². The molecule has 2 aromatic heterocycles. The van der Waals surface area contributed by atoms with Gasteiger partial charge in [0, 0.05) is 29.4 Å². The summed E-state index contributed by atoms with van der Waals surface area (Å²) in [7, 11) is 0. The predicted octanol–water partition coefficient (Wildman–Crippen LogP) is 5.10. The van der Waals surface area contributed by atoms with Crippen LogP contribution < -0.4 is 16.0 Å². The Morgan fingerprint density at radius 1 is 1.12 bits per heavy atom. The van der Waals surface area contributed by atoms with Gasteiger partial charge in [0.15, 0.2) is 0 Å². The van der Waals surface area contributed by atoms with Gasteiger partial charge in [-0.25, -0.2) is 4.79 Å². The van der Waals surface area contributed by atoms with E-state index in [1.807, 2.05) is 20.8 Å². The molecular formula is C28H36Cl2N6O5. The maximum atomic E-state index is 14.3. The molecule has 13 heteroatoms. The molecule has 0 radical (unpaired) electrons. The molecule has 1 aliphatic carbocycles. The zero-order valence-corrected chi connectivity index (χ0v) is 25.2. The van der Waals surface area contributed by atoms with E-state index in [4.69, 9.17) is 27.6 Å². The molecule has 2 unspecified atom stereocenters. The Morgan fingerprint density at radius 2 is 1.83 bits per heavy atom. The Morgan fingerprint density at radius 3 is 2.44 bits per heavy atom. The fourth-order valence-corrected chi connectivity index (χ4v) is 5.92. The number of carbonyl (C=O) groups is 3. The lowest BCUT2D eigenvalue weighted by Crippen LogP contribution is -2.65. The molecule has 5 N–H and O–H groups in total. The van der Waals surface area contributed by atoms with Crippen LogP contribution >= 0.6 is 23.2 Å². The van der Waals surface area contributed by atoms with E-state index in [1.54, 1.807) is 26.0 Å². The fraction of sp³-hybridized carbons (Fsp3) is 0.536. The quantitative estimate of drug-likeness (QED) is 0.214. The predicted molar refractivity (Wildman–Crippen MR) is 155 cm³/mol. The molecule has 2 heterocycles. The number of amides is 3. The van der Waals surface area contributed by atoms with E-state index >= 15 is 0 Å². The van der Waals surface area contributed by atoms with Crippen molar-refractivity contribution in [2.75, 3.05) is 0 Å². The molecule has 0 saturated carbocycles. The van der Waals surface area contributed by atoms with E-state index in [9.17, 15) is 19.5 Å². The van der Waals surface area contributed by atoms with Crippen LogP contribution in [0.2, 0.25) is 10.0 Å². The van der Waals surface area contributed by atoms with Crippen molar-refractivity contribution < 1.29 is 23.9 Å². The van der Waals surface area contributed by atoms with Gasteiger partial charge in [0.2, 0.25) is 23.6 Å². The van der Waals surface area contributed by atoms with E-state index in [1.165, 1.54) is 0 Å². The molecule has 3 aromatic rings. The van der Waals surface area contributed by atoms with Crippen LogP contribution in [0.3, 0.4) is 0 Å². The van der Waals surface area contributed by atoms with Gasteiger partial charge in [0.25, 0.3) is 0 Å². The minimum Gasteiger partial charge on any atom is -0.465 e. The first-order chi connectivity index (χ1) is 19.4. The summed E-state index contributed by atoms with van der Waals surface area (Å²) in [5.74, 6) is -0.734. The van der Waals surface area contributed by atoms with Crippen LogP contribution in [-0.2, 0) is 22.4 Å². The third kappa shape index (κ3) is 6.30. The van der Waals surface area contributed by atoms with Crippen LogP contribution in [0.4, 0.5) is 4.79 Å². The first-order valence-corrected chi connectivity index (χ1v) is 14.6. The highest BCUT2D eigenvalue weighted by Crippen LogP contribution is 2.39. The highest BCUT2D eigenvalue weighted by Gasteiger charge is 2.47. The topological polar surface area (TPSA) is 162 Å². The maximum Gasteiger partial charge on any atom is 0.405 e. The molecule has 222 valence electrons. The second-order valence-corrected chi connectivity index (χ2v) is 11.8. The minimum absolute atomic E-state index is 0.0575. The lowest BCUT2D eigenvalue weighted by Gasteiger charge is -2.39. The van der Waals surface area contributed by atoms with E-state index < -0.39 is 35.5 Å². The lowest BCUT2D eigenvalue weighted by atomic mass is 9.78. The molecule has 0 bridgehead atoms. The van der Waals surface area contributed by atoms with Crippen molar-refractivity contribution in [2.45, 2.75) is 84.3 Å². The number of H-pyrrole nitrogens is 1. The zero-order chi connectivity index (χ0) is 30.1. The summed E-state index contributed by atoms with van der Waals surface area (Å²) in [6.45, 7) is 9.28. The Kier molecular flexibility index (Phi) is 9.18. The number of carboxylic acid groups (broad SMARTS) is 1. The summed E-state index contributed by atoms with van der Waals surface area (Å²) in [6, 6.07) is 1.77. The van der Waals surface area contributed by atoms with Gasteiger partial charge in [-0.15, -0.1) is 10.2 Å². The zero-order valence-electron chi connectivity index (χ0n) is 23.7. The van der Waals surface area contributed by atoms with Crippen LogP contribution in [0.25, 0.3) is 10.9 Å². The van der Waals surface area contributed by atoms with Crippen molar-refractivity contribution in [3.05, 3.63) is 45.2 Å². The number of carbonyl (C=O) groups excluding carboxylic acids is 2. The van der Waals surface area contributed by atoms with Gasteiger partial charge in [-0.3, -0.25) is 9.59 Å². The third-order valence-electron chi connectivity index (χ3n) is 8.18. The highest BCUT2D eigenvalue weighted by atomic mass is 35.5. The summed E-state index contributed by atoms with van der Waals surface area (Å²) in [5.41, 5.74) is 0.995. The first kappa shape index (κ1) is 30.6. The molecule has 0 spiro atoms. The SMILES string of the molecule is CCC(C)[C@H](NC(=O)O)C(=O)N[C@]1(C(=O)N[C@H](c2nnc(C)o2)C(C)CC)CCc2[nH]c3c(Cl)cc(Cl)cc3c2C1. The number of fused-ring (bicyclic) bond motifs is 3. The Hall–Kier alpha value is -3.31. The number of aromatic amines is 1. The summed E-state index contributed by atoms with van der Waals surface area (Å²) in [5, 5.41) is 27.6. The van der Waals surface area contributed by atoms with Crippen LogP contribution in [0.1, 0.15) is 76.0 Å². The molecule has 1 aliphatic rings. The number of nitrogens with zero attached hydrogens (tertiary/aromatic N) is 2. The largest absolute Gasteiger partial charge is 0.465 e. The van der Waals surface area contributed by atoms with Crippen LogP contribution in [0, 0.1) is 18.8 Å². The Bertz CT molecular complexity index is 1460. The van der Waals surface area contributed by atoms with Crippen molar-refractivity contribution in [1.82, 2.24) is 31.1 Å². The molecule has 41 heavy (non-hydrogen) atoms. The number of benzene rings is 1. The van der Waals surface area contributed by atoms with E-state index in [0.717, 1.165) is 16.6 Å². The molecule has 11 nitrogen and oxygen atoms in total. The van der Waals surface area contributed by atoms with E-state index in [0.29, 0.717) is 40.7 Å². The van der Waals surface area contributed by atoms with Crippen molar-refractivity contribution in [3.63, 3.8) is 0 Å². The molecule has 0 aliphatic heterocycles. The minimum atomic E-state index is -1.42. The van der Waals surface area contributed by atoms with Crippen molar-refractivity contribution >= 4 is 52.0 Å². The van der Waals surface area contributed by atoms with Crippen LogP contribution in [0.15, 0.2) is 16.5 Å². The lowest BCUT2D eigenvalue weighted by molar-refractivity contribution is -0.136. The third-order valence-corrected chi connectivity index (χ3v) is 8.70. The van der Waals surface area contributed by atoms with E-state index in [2.05, 4.69) is 31.1 Å². The highest BCUT2D eigenvalue weighted by molar-refractivity contribution is 6.38. The smallest absolute Gasteiger partial charge is 0.405 e. The Balaban J connectivity index is 1.77. The molecule has 0 saturated heterocycles. The first-order valence-electron chi connectivity index (χ1n) is 13.8. The molecule has 0 fully saturated rings. The van der Waals surface area contributed by atoms with Gasteiger partial charge in [0.1, 0.15) is 17.6 Å². The standard InChI is InChI=1S/C28H36Cl2N6O5/c1-6-13(3)21(33-27(39)40)24(37)34-28(26(38)32-22(14(4)7-2)25-36-35-15(5)41-25)9-8-20-18(12-28)17-10-16(29)11-19(30)23(17)31-20/h10-11,13-14,21-22,31,33H,6-9,12H2,1-5H3,(H,32,38)(H,34,37)(H,39,40)/t13?,14?,21-,22-,28+/m0/s1. The number of aryl methyl sites for hydroxylation is 2. The van der Waals surface area contributed by atoms with Gasteiger partial charge in [0.05, 0.1) is 10.5 Å². The summed E-state index contributed by atoms with van der Waals surface area (Å²) in [4.78, 5) is 43.0. The summed E-state index contributed by atoms with van der Waals surface area (Å²) < 4.78 is 5.69. The van der Waals surface area contributed by atoms with Crippen LogP contribution in [0.5, 0.6) is 0 Å². The van der Waals surface area contributed by atoms with Gasteiger partial charge in [-0.2, -0.15) is 0 Å². The van der Waals surface area contributed by atoms with Crippen molar-refractivity contribution in [3.8, 4) is 0 Å². The van der Waals surface area contributed by atoms with Crippen LogP contribution in [-0.4, -0.2) is 49.8 Å². The number of rotatable bonds is 10. The number of hydrogen-bond acceptors (Lipinski definition) is 6. The second-order valence-electron chi connectivity index (χ2n) is 10.9. The summed E-state index contributed by atoms with van der Waals surface area (Å²) in [6.07, 6.45) is 0.764. The van der Waals surface area contributed by atoms with Crippen molar-refractivity contribution in [1.29, 1.82) is 0 Å². The molecule has 3 amide bonds. The number of hydrogen-bond donors (Lipinski definition) is 5. The number of halogens is 2. The normalized spacial score (nSPS) is 19.6. The molecule has 5 atom stereocenters. The number of aromatic nitrogens is 3. The van der Waals surface area contributed by atoms with Crippen molar-refractivity contribution in [2.24, 2.45) is 11.8 Å². The number of nitrogens with one attached hydrogen (secondary N) is 4. The molecular weight excluding hydrogens is 571 g/mol. The van der Waals surface area contributed by atoms with Gasteiger partial charge >= 0.3 is 6.09 Å². The molecule has 4 rings (SSSR count). The molecule has 1 aromatic carbocycles. The Labute approximate surface area is 248 Å². The second kappa shape index (κ2) is 12.3. The fourth-order valence-electron chi connectivity index (χ4n) is 5.38.